The normalized spacial score (nSPS) is 18.5. The fourth-order valence-corrected chi connectivity index (χ4v) is 2.01. The third-order valence-electron chi connectivity index (χ3n) is 1.85. The van der Waals surface area contributed by atoms with Gasteiger partial charge in [0.15, 0.2) is 0 Å². The summed E-state index contributed by atoms with van der Waals surface area (Å²) in [7, 11) is 0. The number of carboxylic acids is 1. The molecule has 0 saturated heterocycles. The van der Waals surface area contributed by atoms with Crippen molar-refractivity contribution in [3.63, 3.8) is 0 Å². The van der Waals surface area contributed by atoms with E-state index in [9.17, 15) is 13.2 Å². The minimum absolute atomic E-state index is 0.200. The summed E-state index contributed by atoms with van der Waals surface area (Å²) in [6, 6.07) is 2.21. The monoisotopic (exact) mass is 269 g/mol. The van der Waals surface area contributed by atoms with Gasteiger partial charge in [-0.15, -0.1) is 11.3 Å². The Bertz CT molecular complexity index is 391. The lowest BCUT2D eigenvalue weighted by Gasteiger charge is -2.18. The van der Waals surface area contributed by atoms with Gasteiger partial charge in [-0.05, 0) is 11.4 Å². The van der Waals surface area contributed by atoms with Crippen molar-refractivity contribution >= 4 is 17.3 Å². The van der Waals surface area contributed by atoms with Crippen LogP contribution in [0.25, 0.3) is 0 Å². The van der Waals surface area contributed by atoms with Crippen molar-refractivity contribution in [1.82, 2.24) is 0 Å². The van der Waals surface area contributed by atoms with E-state index in [4.69, 9.17) is 20.4 Å². The lowest BCUT2D eigenvalue weighted by Crippen LogP contribution is -2.32. The molecule has 2 heterocycles. The SMILES string of the molecule is NC1COc2ccsc2C1.O=C(O)C(F)(F)F. The molecule has 1 aromatic heterocycles. The minimum atomic E-state index is -5.08. The molecule has 0 spiro atoms. The van der Waals surface area contributed by atoms with E-state index in [0.717, 1.165) is 12.2 Å². The number of thiophene rings is 1. The predicted molar refractivity (Wildman–Crippen MR) is 55.2 cm³/mol. The Kier molecular flexibility index (Phi) is 4.35. The second kappa shape index (κ2) is 5.37. The molecule has 96 valence electrons. The van der Waals surface area contributed by atoms with Gasteiger partial charge in [0, 0.05) is 17.3 Å². The van der Waals surface area contributed by atoms with E-state index in [2.05, 4.69) is 0 Å². The van der Waals surface area contributed by atoms with Gasteiger partial charge < -0.3 is 15.6 Å². The molecule has 0 aliphatic carbocycles. The van der Waals surface area contributed by atoms with Crippen molar-refractivity contribution in [1.29, 1.82) is 0 Å². The van der Waals surface area contributed by atoms with Crippen LogP contribution < -0.4 is 10.5 Å². The van der Waals surface area contributed by atoms with Crippen molar-refractivity contribution in [2.75, 3.05) is 6.61 Å². The number of hydrogen-bond acceptors (Lipinski definition) is 4. The van der Waals surface area contributed by atoms with Crippen molar-refractivity contribution < 1.29 is 27.8 Å². The molecule has 0 saturated carbocycles. The van der Waals surface area contributed by atoms with Crippen LogP contribution in [0.5, 0.6) is 5.75 Å². The summed E-state index contributed by atoms with van der Waals surface area (Å²) in [4.78, 5) is 10.2. The van der Waals surface area contributed by atoms with Crippen molar-refractivity contribution in [3.8, 4) is 5.75 Å². The van der Waals surface area contributed by atoms with E-state index in [1.807, 2.05) is 11.4 Å². The topological polar surface area (TPSA) is 72.5 Å². The van der Waals surface area contributed by atoms with Gasteiger partial charge in [-0.3, -0.25) is 0 Å². The molecule has 1 aliphatic rings. The molecule has 0 fully saturated rings. The number of carbonyl (C=O) groups is 1. The van der Waals surface area contributed by atoms with Crippen LogP contribution in [0.3, 0.4) is 0 Å². The number of fused-ring (bicyclic) bond motifs is 1. The fourth-order valence-electron chi connectivity index (χ4n) is 1.10. The van der Waals surface area contributed by atoms with Crippen LogP contribution in [-0.2, 0) is 11.2 Å². The molecule has 2 rings (SSSR count). The number of rotatable bonds is 0. The summed E-state index contributed by atoms with van der Waals surface area (Å²) >= 11 is 1.72. The zero-order valence-corrected chi connectivity index (χ0v) is 9.35. The average Bonchev–Trinajstić information content (AvgIpc) is 2.63. The number of hydrogen-bond donors (Lipinski definition) is 2. The van der Waals surface area contributed by atoms with Crippen molar-refractivity contribution in [3.05, 3.63) is 16.3 Å². The minimum Gasteiger partial charge on any atom is -0.491 e. The third kappa shape index (κ3) is 4.23. The predicted octanol–water partition coefficient (Wildman–Crippen LogP) is 1.64. The molecule has 0 amide bonds. The first-order valence-electron chi connectivity index (χ1n) is 4.55. The molecule has 1 unspecified atom stereocenters. The average molecular weight is 269 g/mol. The maximum atomic E-state index is 10.6. The zero-order valence-electron chi connectivity index (χ0n) is 8.53. The molecule has 0 bridgehead atoms. The third-order valence-corrected chi connectivity index (χ3v) is 2.77. The van der Waals surface area contributed by atoms with Crippen molar-refractivity contribution in [2.45, 2.75) is 18.6 Å². The molecule has 1 atom stereocenters. The Labute approximate surface area is 98.8 Å². The summed E-state index contributed by atoms with van der Waals surface area (Å²) in [5.41, 5.74) is 5.69. The number of alkyl halides is 3. The molecule has 17 heavy (non-hydrogen) atoms. The molecule has 0 radical (unpaired) electrons. The van der Waals surface area contributed by atoms with E-state index >= 15 is 0 Å². The van der Waals surface area contributed by atoms with Crippen LogP contribution in [0.15, 0.2) is 11.4 Å². The summed E-state index contributed by atoms with van der Waals surface area (Å²) in [5.74, 6) is -1.72. The number of nitrogens with two attached hydrogens (primary N) is 1. The van der Waals surface area contributed by atoms with Crippen molar-refractivity contribution in [2.24, 2.45) is 5.73 Å². The number of halogens is 3. The highest BCUT2D eigenvalue weighted by atomic mass is 32.1. The molecule has 8 heteroatoms. The fraction of sp³-hybridized carbons (Fsp3) is 0.444. The maximum Gasteiger partial charge on any atom is 0.490 e. The first-order chi connectivity index (χ1) is 7.80. The molecule has 1 aromatic rings. The van der Waals surface area contributed by atoms with Gasteiger partial charge in [0.05, 0.1) is 0 Å². The number of carboxylic acid groups (broad SMARTS) is 1. The summed E-state index contributed by atoms with van der Waals surface area (Å²) < 4.78 is 37.1. The van der Waals surface area contributed by atoms with Crippen LogP contribution >= 0.6 is 11.3 Å². The highest BCUT2D eigenvalue weighted by Crippen LogP contribution is 2.28. The van der Waals surface area contributed by atoms with Crippen LogP contribution in [0.2, 0.25) is 0 Å². The summed E-state index contributed by atoms with van der Waals surface area (Å²) in [6.07, 6.45) is -4.10. The lowest BCUT2D eigenvalue weighted by atomic mass is 10.1. The Morgan fingerprint density at radius 1 is 1.59 bits per heavy atom. The van der Waals surface area contributed by atoms with Gasteiger partial charge in [-0.1, -0.05) is 0 Å². The zero-order chi connectivity index (χ0) is 13.1. The van der Waals surface area contributed by atoms with Crippen LogP contribution in [0, 0.1) is 0 Å². The van der Waals surface area contributed by atoms with Gasteiger partial charge in [0.25, 0.3) is 0 Å². The van der Waals surface area contributed by atoms with E-state index < -0.39 is 12.1 Å². The Morgan fingerprint density at radius 3 is 2.71 bits per heavy atom. The van der Waals surface area contributed by atoms with Gasteiger partial charge in [0.2, 0.25) is 0 Å². The van der Waals surface area contributed by atoms with Gasteiger partial charge >= 0.3 is 12.1 Å². The molecule has 4 nitrogen and oxygen atoms in total. The smallest absolute Gasteiger partial charge is 0.490 e. The molecule has 3 N–H and O–H groups in total. The molecule has 1 aliphatic heterocycles. The Hall–Kier alpha value is -1.28. The van der Waals surface area contributed by atoms with E-state index in [-0.39, 0.29) is 6.04 Å². The van der Waals surface area contributed by atoms with Gasteiger partial charge in [0.1, 0.15) is 12.4 Å². The standard InChI is InChI=1S/C7H9NOS.C2HF3O2/c8-5-3-7-6(9-4-5)1-2-10-7;3-2(4,5)1(6)7/h1-2,5H,3-4,8H2;(H,6,7). The Morgan fingerprint density at radius 2 is 2.18 bits per heavy atom. The molecular formula is C9H10F3NO3S. The lowest BCUT2D eigenvalue weighted by molar-refractivity contribution is -0.192. The molecule has 0 aromatic carbocycles. The largest absolute Gasteiger partial charge is 0.491 e. The van der Waals surface area contributed by atoms with Crippen LogP contribution in [0.1, 0.15) is 4.88 Å². The quantitative estimate of drug-likeness (QED) is 0.751. The van der Waals surface area contributed by atoms with E-state index in [1.54, 1.807) is 11.3 Å². The number of aliphatic carboxylic acids is 1. The molecular weight excluding hydrogens is 259 g/mol. The van der Waals surface area contributed by atoms with Gasteiger partial charge in [-0.2, -0.15) is 13.2 Å². The van der Waals surface area contributed by atoms with Crippen LogP contribution in [-0.4, -0.2) is 29.9 Å². The van der Waals surface area contributed by atoms with Crippen LogP contribution in [0.4, 0.5) is 13.2 Å². The van der Waals surface area contributed by atoms with E-state index in [0.29, 0.717) is 6.61 Å². The Balaban J connectivity index is 0.000000185. The van der Waals surface area contributed by atoms with Gasteiger partial charge in [-0.25, -0.2) is 4.79 Å². The summed E-state index contributed by atoms with van der Waals surface area (Å²) in [6.45, 7) is 0.670. The highest BCUT2D eigenvalue weighted by molar-refractivity contribution is 7.10. The second-order valence-electron chi connectivity index (χ2n) is 3.29. The highest BCUT2D eigenvalue weighted by Gasteiger charge is 2.38. The van der Waals surface area contributed by atoms with E-state index in [1.165, 1.54) is 4.88 Å². The number of ether oxygens (including phenoxy) is 1. The first-order valence-corrected chi connectivity index (χ1v) is 5.43. The maximum absolute atomic E-state index is 10.6. The second-order valence-corrected chi connectivity index (χ2v) is 4.29. The summed E-state index contributed by atoms with van der Waals surface area (Å²) in [5, 5.41) is 9.17. The first kappa shape index (κ1) is 13.8.